The summed E-state index contributed by atoms with van der Waals surface area (Å²) in [4.78, 5) is 20.7. The number of fused-ring (bicyclic) bond motifs is 3. The van der Waals surface area contributed by atoms with Crippen LogP contribution in [0.15, 0.2) is 66.7 Å². The largest absolute Gasteiger partial charge is 0.491 e. The SMILES string of the molecule is COCCN(C)CC(O)COc1ccc(C2c3[nH]c4ccc(Cl)cc4c3CCN2C(=O)Oc2ccc(Cl)cc2)cc1. The Hall–Kier alpha value is -3.27. The third kappa shape index (κ3) is 6.97. The molecule has 0 saturated heterocycles. The highest BCUT2D eigenvalue weighted by Crippen LogP contribution is 2.40. The third-order valence-electron chi connectivity index (χ3n) is 7.18. The monoisotopic (exact) mass is 597 g/mol. The lowest BCUT2D eigenvalue weighted by atomic mass is 9.92. The molecule has 5 rings (SSSR count). The van der Waals surface area contributed by atoms with Crippen molar-refractivity contribution in [3.05, 3.63) is 93.6 Å². The molecule has 2 unspecified atom stereocenters. The highest BCUT2D eigenvalue weighted by atomic mass is 35.5. The van der Waals surface area contributed by atoms with Gasteiger partial charge in [0.15, 0.2) is 0 Å². The molecule has 0 saturated carbocycles. The number of aromatic amines is 1. The van der Waals surface area contributed by atoms with Gasteiger partial charge in [0, 0.05) is 53.4 Å². The first-order valence-corrected chi connectivity index (χ1v) is 14.2. The van der Waals surface area contributed by atoms with Crippen LogP contribution in [-0.4, -0.2) is 79.1 Å². The first kappa shape index (κ1) is 29.2. The van der Waals surface area contributed by atoms with E-state index in [-0.39, 0.29) is 6.61 Å². The lowest BCUT2D eigenvalue weighted by Gasteiger charge is -2.35. The molecule has 0 fully saturated rings. The van der Waals surface area contributed by atoms with E-state index in [0.717, 1.165) is 34.3 Å². The van der Waals surface area contributed by atoms with Gasteiger partial charge in [0.1, 0.15) is 30.3 Å². The number of hydrogen-bond donors (Lipinski definition) is 2. The number of H-pyrrole nitrogens is 1. The van der Waals surface area contributed by atoms with Crippen LogP contribution >= 0.6 is 23.2 Å². The number of aliphatic hydroxyl groups excluding tert-OH is 1. The maximum atomic E-state index is 13.5. The molecule has 41 heavy (non-hydrogen) atoms. The minimum atomic E-state index is -0.645. The minimum absolute atomic E-state index is 0.159. The van der Waals surface area contributed by atoms with Crippen LogP contribution in [0, 0.1) is 0 Å². The van der Waals surface area contributed by atoms with Crippen molar-refractivity contribution in [2.45, 2.75) is 18.6 Å². The van der Waals surface area contributed by atoms with Gasteiger partial charge in [-0.05, 0) is 79.2 Å². The van der Waals surface area contributed by atoms with Gasteiger partial charge < -0.3 is 29.2 Å². The summed E-state index contributed by atoms with van der Waals surface area (Å²) in [6, 6.07) is 19.6. The zero-order valence-electron chi connectivity index (χ0n) is 23.0. The summed E-state index contributed by atoms with van der Waals surface area (Å²) in [6.45, 7) is 2.42. The van der Waals surface area contributed by atoms with E-state index >= 15 is 0 Å². The minimum Gasteiger partial charge on any atom is -0.491 e. The number of hydrogen-bond acceptors (Lipinski definition) is 6. The van der Waals surface area contributed by atoms with Gasteiger partial charge >= 0.3 is 6.09 Å². The molecule has 216 valence electrons. The number of rotatable bonds is 10. The summed E-state index contributed by atoms with van der Waals surface area (Å²) in [6.07, 6.45) is -0.450. The number of ether oxygens (including phenoxy) is 3. The van der Waals surface area contributed by atoms with Crippen molar-refractivity contribution in [3.63, 3.8) is 0 Å². The van der Waals surface area contributed by atoms with Gasteiger partial charge in [-0.25, -0.2) is 4.79 Å². The van der Waals surface area contributed by atoms with Crippen LogP contribution in [-0.2, 0) is 11.2 Å². The smallest absolute Gasteiger partial charge is 0.416 e. The number of nitrogens with zero attached hydrogens (tertiary/aromatic N) is 2. The van der Waals surface area contributed by atoms with Gasteiger partial charge in [0.05, 0.1) is 6.61 Å². The average molecular weight is 599 g/mol. The third-order valence-corrected chi connectivity index (χ3v) is 7.67. The zero-order chi connectivity index (χ0) is 28.9. The second-order valence-electron chi connectivity index (χ2n) is 10.2. The summed E-state index contributed by atoms with van der Waals surface area (Å²) >= 11 is 12.3. The fourth-order valence-corrected chi connectivity index (χ4v) is 5.45. The summed E-state index contributed by atoms with van der Waals surface area (Å²) in [7, 11) is 3.58. The number of aliphatic hydroxyl groups is 1. The molecule has 2 heterocycles. The van der Waals surface area contributed by atoms with Gasteiger partial charge in [-0.3, -0.25) is 4.90 Å². The second-order valence-corrected chi connectivity index (χ2v) is 11.0. The van der Waals surface area contributed by atoms with E-state index in [4.69, 9.17) is 37.4 Å². The fraction of sp³-hybridized carbons (Fsp3) is 0.323. The molecule has 1 amide bonds. The topological polar surface area (TPSA) is 87.3 Å². The Morgan fingerprint density at radius 3 is 2.51 bits per heavy atom. The molecule has 3 aromatic carbocycles. The Kier molecular flexibility index (Phi) is 9.37. The maximum Gasteiger partial charge on any atom is 0.416 e. The van der Waals surface area contributed by atoms with E-state index in [1.54, 1.807) is 36.3 Å². The number of aromatic nitrogens is 1. The van der Waals surface area contributed by atoms with E-state index in [9.17, 15) is 9.90 Å². The van der Waals surface area contributed by atoms with Crippen LogP contribution in [0.4, 0.5) is 4.79 Å². The lowest BCUT2D eigenvalue weighted by Crippen LogP contribution is -2.42. The quantitative estimate of drug-likeness (QED) is 0.235. The molecule has 1 aromatic heterocycles. The lowest BCUT2D eigenvalue weighted by molar-refractivity contribution is 0.0667. The van der Waals surface area contributed by atoms with Gasteiger partial charge in [-0.1, -0.05) is 35.3 Å². The molecule has 1 aliphatic heterocycles. The number of likely N-dealkylation sites (N-methyl/N-ethyl adjacent to an activating group) is 1. The molecular formula is C31H33Cl2N3O5. The van der Waals surface area contributed by atoms with E-state index in [2.05, 4.69) is 4.98 Å². The number of nitrogens with one attached hydrogen (secondary N) is 1. The van der Waals surface area contributed by atoms with Crippen molar-refractivity contribution >= 4 is 40.2 Å². The van der Waals surface area contributed by atoms with Crippen LogP contribution in [0.1, 0.15) is 22.9 Å². The van der Waals surface area contributed by atoms with Crippen LogP contribution in [0.3, 0.4) is 0 Å². The number of benzene rings is 3. The van der Waals surface area contributed by atoms with E-state index in [1.165, 1.54) is 0 Å². The number of carbonyl (C=O) groups excluding carboxylic acids is 1. The Morgan fingerprint density at radius 1 is 1.07 bits per heavy atom. The predicted molar refractivity (Wildman–Crippen MR) is 160 cm³/mol. The van der Waals surface area contributed by atoms with Crippen molar-refractivity contribution in [2.24, 2.45) is 0 Å². The summed E-state index contributed by atoms with van der Waals surface area (Å²) in [5.41, 5.74) is 3.90. The summed E-state index contributed by atoms with van der Waals surface area (Å²) < 4.78 is 16.7. The predicted octanol–water partition coefficient (Wildman–Crippen LogP) is 5.94. The highest BCUT2D eigenvalue weighted by molar-refractivity contribution is 6.31. The molecule has 4 aromatic rings. The van der Waals surface area contributed by atoms with E-state index in [0.29, 0.717) is 47.7 Å². The van der Waals surface area contributed by atoms with E-state index < -0.39 is 18.2 Å². The fourth-order valence-electron chi connectivity index (χ4n) is 5.16. The van der Waals surface area contributed by atoms with Crippen molar-refractivity contribution in [3.8, 4) is 11.5 Å². The molecule has 8 nitrogen and oxygen atoms in total. The zero-order valence-corrected chi connectivity index (χ0v) is 24.5. The number of amides is 1. The molecule has 1 aliphatic rings. The van der Waals surface area contributed by atoms with Crippen molar-refractivity contribution < 1.29 is 24.1 Å². The van der Waals surface area contributed by atoms with Crippen LogP contribution in [0.2, 0.25) is 10.0 Å². The van der Waals surface area contributed by atoms with Gasteiger partial charge in [0.25, 0.3) is 0 Å². The summed E-state index contributed by atoms with van der Waals surface area (Å²) in [5, 5.41) is 12.7. The van der Waals surface area contributed by atoms with Crippen LogP contribution in [0.25, 0.3) is 10.9 Å². The van der Waals surface area contributed by atoms with Gasteiger partial charge in [-0.2, -0.15) is 0 Å². The van der Waals surface area contributed by atoms with Gasteiger partial charge in [0.2, 0.25) is 0 Å². The Labute approximate surface area is 249 Å². The van der Waals surface area contributed by atoms with E-state index in [1.807, 2.05) is 54.4 Å². The molecule has 0 spiro atoms. The number of carbonyl (C=O) groups is 1. The van der Waals surface area contributed by atoms with Crippen LogP contribution < -0.4 is 9.47 Å². The van der Waals surface area contributed by atoms with Crippen molar-refractivity contribution in [1.82, 2.24) is 14.8 Å². The highest BCUT2D eigenvalue weighted by Gasteiger charge is 2.35. The molecule has 0 radical (unpaired) electrons. The molecule has 0 bridgehead atoms. The average Bonchev–Trinajstić information content (AvgIpc) is 3.33. The molecule has 0 aliphatic carbocycles. The maximum absolute atomic E-state index is 13.5. The standard InChI is InChI=1S/C31H33Cl2N3O5/c1-35(15-16-39-2)18-23(37)19-40-24-8-3-20(4-9-24)30-29-26(27-17-22(33)7-12-28(27)34-29)13-14-36(30)31(38)41-25-10-5-21(32)6-11-25/h3-12,17,23,30,34,37H,13-16,18-19H2,1-2H3. The second kappa shape index (κ2) is 13.1. The van der Waals surface area contributed by atoms with Crippen LogP contribution in [0.5, 0.6) is 11.5 Å². The molecule has 2 N–H and O–H groups in total. The molecular weight excluding hydrogens is 565 g/mol. The number of halogens is 2. The molecule has 10 heteroatoms. The normalized spacial score (nSPS) is 15.7. The number of methoxy groups -OCH3 is 1. The summed E-state index contributed by atoms with van der Waals surface area (Å²) in [5.74, 6) is 1.05. The Morgan fingerprint density at radius 2 is 1.78 bits per heavy atom. The Bertz CT molecular complexity index is 1480. The first-order valence-electron chi connectivity index (χ1n) is 13.4. The van der Waals surface area contributed by atoms with Gasteiger partial charge in [-0.15, -0.1) is 0 Å². The van der Waals surface area contributed by atoms with Crippen molar-refractivity contribution in [1.29, 1.82) is 0 Å². The first-order chi connectivity index (χ1) is 19.8. The van der Waals surface area contributed by atoms with Crippen molar-refractivity contribution in [2.75, 3.05) is 47.0 Å². The Balaban J connectivity index is 1.38. The molecule has 2 atom stereocenters.